The fourth-order valence-corrected chi connectivity index (χ4v) is 4.96. The molecule has 2 heterocycles. The van der Waals surface area contributed by atoms with E-state index < -0.39 is 9.84 Å². The smallest absolute Gasteiger partial charge is 0.150 e. The normalized spacial score (nSPS) is 39.8. The van der Waals surface area contributed by atoms with Crippen LogP contribution in [0.2, 0.25) is 0 Å². The van der Waals surface area contributed by atoms with Crippen LogP contribution in [0, 0.1) is 5.41 Å². The monoisotopic (exact) mass is 203 g/mol. The molecule has 0 aliphatic carbocycles. The van der Waals surface area contributed by atoms with Gasteiger partial charge in [0.2, 0.25) is 0 Å². The molecule has 2 saturated heterocycles. The lowest BCUT2D eigenvalue weighted by molar-refractivity contribution is 0.132. The molecule has 3 nitrogen and oxygen atoms in total. The standard InChI is InChI=1S/C9H17NO2S/c1-10-5-2-3-9(7-10)4-6-13(11,12)8-9/h2-8H2,1H3/t9-/m1/s1. The Morgan fingerprint density at radius 1 is 1.31 bits per heavy atom. The summed E-state index contributed by atoms with van der Waals surface area (Å²) in [4.78, 5) is 2.27. The van der Waals surface area contributed by atoms with E-state index in [1.54, 1.807) is 0 Å². The van der Waals surface area contributed by atoms with E-state index in [0.29, 0.717) is 11.5 Å². The molecule has 2 aliphatic rings. The van der Waals surface area contributed by atoms with Crippen molar-refractivity contribution in [2.45, 2.75) is 19.3 Å². The first kappa shape index (κ1) is 9.46. The number of rotatable bonds is 0. The predicted molar refractivity (Wildman–Crippen MR) is 52.4 cm³/mol. The van der Waals surface area contributed by atoms with E-state index >= 15 is 0 Å². The second-order valence-corrected chi connectivity index (χ2v) is 6.87. The molecule has 0 aromatic carbocycles. The van der Waals surface area contributed by atoms with Gasteiger partial charge in [-0.15, -0.1) is 0 Å². The molecular formula is C9H17NO2S. The molecule has 2 rings (SSSR count). The number of hydrogen-bond donors (Lipinski definition) is 0. The fraction of sp³-hybridized carbons (Fsp3) is 1.00. The van der Waals surface area contributed by atoms with Crippen LogP contribution >= 0.6 is 0 Å². The second-order valence-electron chi connectivity index (χ2n) is 4.68. The van der Waals surface area contributed by atoms with Crippen LogP contribution in [0.25, 0.3) is 0 Å². The lowest BCUT2D eigenvalue weighted by Crippen LogP contribution is -2.41. The summed E-state index contributed by atoms with van der Waals surface area (Å²) in [6, 6.07) is 0. The molecule has 1 atom stereocenters. The van der Waals surface area contributed by atoms with Crippen molar-refractivity contribution in [3.05, 3.63) is 0 Å². The highest BCUT2D eigenvalue weighted by molar-refractivity contribution is 7.91. The van der Waals surface area contributed by atoms with Crippen molar-refractivity contribution in [2.24, 2.45) is 5.41 Å². The van der Waals surface area contributed by atoms with E-state index in [0.717, 1.165) is 32.4 Å². The first-order valence-electron chi connectivity index (χ1n) is 4.90. The summed E-state index contributed by atoms with van der Waals surface area (Å²) in [6.45, 7) is 2.11. The topological polar surface area (TPSA) is 37.4 Å². The Kier molecular flexibility index (Phi) is 2.15. The number of piperidine rings is 1. The van der Waals surface area contributed by atoms with Crippen molar-refractivity contribution in [1.82, 2.24) is 4.90 Å². The van der Waals surface area contributed by atoms with E-state index in [1.807, 2.05) is 0 Å². The largest absolute Gasteiger partial charge is 0.306 e. The SMILES string of the molecule is CN1CCC[C@@]2(CCS(=O)(=O)C2)C1. The molecule has 0 bridgehead atoms. The highest BCUT2D eigenvalue weighted by Crippen LogP contribution is 2.39. The molecule has 0 N–H and O–H groups in total. The third kappa shape index (κ3) is 1.89. The number of nitrogens with zero attached hydrogens (tertiary/aromatic N) is 1. The third-order valence-electron chi connectivity index (χ3n) is 3.32. The van der Waals surface area contributed by atoms with Gasteiger partial charge in [-0.05, 0) is 38.3 Å². The molecule has 13 heavy (non-hydrogen) atoms. The summed E-state index contributed by atoms with van der Waals surface area (Å²) in [6.07, 6.45) is 3.16. The van der Waals surface area contributed by atoms with Gasteiger partial charge in [-0.3, -0.25) is 0 Å². The van der Waals surface area contributed by atoms with Gasteiger partial charge < -0.3 is 4.90 Å². The lowest BCUT2D eigenvalue weighted by Gasteiger charge is -2.37. The van der Waals surface area contributed by atoms with Crippen molar-refractivity contribution in [3.63, 3.8) is 0 Å². The average molecular weight is 203 g/mol. The fourth-order valence-electron chi connectivity index (χ4n) is 2.76. The van der Waals surface area contributed by atoms with Crippen LogP contribution in [0.3, 0.4) is 0 Å². The first-order chi connectivity index (χ1) is 6.02. The average Bonchev–Trinajstić information content (AvgIpc) is 2.26. The van der Waals surface area contributed by atoms with Gasteiger partial charge >= 0.3 is 0 Å². The zero-order valence-electron chi connectivity index (χ0n) is 8.12. The summed E-state index contributed by atoms with van der Waals surface area (Å²) in [7, 11) is -0.615. The van der Waals surface area contributed by atoms with E-state index in [-0.39, 0.29) is 5.41 Å². The Bertz CT molecular complexity index is 299. The lowest BCUT2D eigenvalue weighted by atomic mass is 9.80. The van der Waals surface area contributed by atoms with Crippen molar-refractivity contribution in [1.29, 1.82) is 0 Å². The number of hydrogen-bond acceptors (Lipinski definition) is 3. The van der Waals surface area contributed by atoms with Crippen LogP contribution in [-0.4, -0.2) is 45.0 Å². The summed E-state index contributed by atoms with van der Waals surface area (Å²) < 4.78 is 22.8. The van der Waals surface area contributed by atoms with Crippen molar-refractivity contribution in [2.75, 3.05) is 31.6 Å². The number of sulfone groups is 1. The van der Waals surface area contributed by atoms with Crippen LogP contribution < -0.4 is 0 Å². The van der Waals surface area contributed by atoms with E-state index in [4.69, 9.17) is 0 Å². The molecule has 0 unspecified atom stereocenters. The highest BCUT2D eigenvalue weighted by atomic mass is 32.2. The Hall–Kier alpha value is -0.0900. The van der Waals surface area contributed by atoms with E-state index in [1.165, 1.54) is 0 Å². The maximum absolute atomic E-state index is 11.4. The van der Waals surface area contributed by atoms with Gasteiger partial charge in [-0.2, -0.15) is 0 Å². The van der Waals surface area contributed by atoms with E-state index in [2.05, 4.69) is 11.9 Å². The summed E-state index contributed by atoms with van der Waals surface area (Å²) in [5.41, 5.74) is 0.117. The molecule has 0 amide bonds. The zero-order chi connectivity index (χ0) is 9.53. The predicted octanol–water partition coefficient (Wildman–Crippen LogP) is 0.517. The van der Waals surface area contributed by atoms with Crippen molar-refractivity contribution < 1.29 is 8.42 Å². The molecule has 1 spiro atoms. The van der Waals surface area contributed by atoms with Crippen LogP contribution in [-0.2, 0) is 9.84 Å². The molecule has 4 heteroatoms. The van der Waals surface area contributed by atoms with Gasteiger partial charge in [0.15, 0.2) is 9.84 Å². The van der Waals surface area contributed by atoms with Crippen LogP contribution in [0.15, 0.2) is 0 Å². The quantitative estimate of drug-likeness (QED) is 0.576. The van der Waals surface area contributed by atoms with Crippen molar-refractivity contribution >= 4 is 9.84 Å². The molecule has 0 radical (unpaired) electrons. The van der Waals surface area contributed by atoms with Crippen LogP contribution in [0.4, 0.5) is 0 Å². The minimum atomic E-state index is -2.70. The second kappa shape index (κ2) is 2.95. The Morgan fingerprint density at radius 3 is 2.62 bits per heavy atom. The Labute approximate surface area is 80.0 Å². The highest BCUT2D eigenvalue weighted by Gasteiger charge is 2.43. The van der Waals surface area contributed by atoms with Gasteiger partial charge in [0.05, 0.1) is 11.5 Å². The van der Waals surface area contributed by atoms with Gasteiger partial charge in [-0.1, -0.05) is 0 Å². The third-order valence-corrected chi connectivity index (χ3v) is 5.20. The van der Waals surface area contributed by atoms with Gasteiger partial charge in [-0.25, -0.2) is 8.42 Å². The van der Waals surface area contributed by atoms with Gasteiger partial charge in [0.1, 0.15) is 0 Å². The molecule has 2 aliphatic heterocycles. The first-order valence-corrected chi connectivity index (χ1v) is 6.73. The molecular weight excluding hydrogens is 186 g/mol. The van der Waals surface area contributed by atoms with Gasteiger partial charge in [0, 0.05) is 6.54 Å². The Balaban J connectivity index is 2.14. The minimum absolute atomic E-state index is 0.117. The van der Waals surface area contributed by atoms with Gasteiger partial charge in [0.25, 0.3) is 0 Å². The molecule has 0 saturated carbocycles. The maximum atomic E-state index is 11.4. The summed E-state index contributed by atoms with van der Waals surface area (Å²) in [5, 5.41) is 0. The maximum Gasteiger partial charge on any atom is 0.150 e. The van der Waals surface area contributed by atoms with Crippen LogP contribution in [0.1, 0.15) is 19.3 Å². The molecule has 0 aromatic rings. The van der Waals surface area contributed by atoms with Crippen LogP contribution in [0.5, 0.6) is 0 Å². The molecule has 76 valence electrons. The number of likely N-dealkylation sites (tertiary alicyclic amines) is 1. The zero-order valence-corrected chi connectivity index (χ0v) is 8.94. The Morgan fingerprint density at radius 2 is 2.08 bits per heavy atom. The van der Waals surface area contributed by atoms with E-state index in [9.17, 15) is 8.42 Å². The van der Waals surface area contributed by atoms with Crippen molar-refractivity contribution in [3.8, 4) is 0 Å². The molecule has 0 aromatic heterocycles. The summed E-state index contributed by atoms with van der Waals surface area (Å²) >= 11 is 0. The summed E-state index contributed by atoms with van der Waals surface area (Å²) in [5.74, 6) is 0.852. The molecule has 2 fully saturated rings. The minimum Gasteiger partial charge on any atom is -0.306 e.